The van der Waals surface area contributed by atoms with Crippen LogP contribution in [0.4, 0.5) is 5.69 Å². The quantitative estimate of drug-likeness (QED) is 0.667. The fraction of sp³-hybridized carbons (Fsp3) is 0.409. The monoisotopic (exact) mass is 448 g/mol. The Bertz CT molecular complexity index is 1020. The average molecular weight is 449 g/mol. The summed E-state index contributed by atoms with van der Waals surface area (Å²) in [5, 5.41) is 2.96. The summed E-state index contributed by atoms with van der Waals surface area (Å²) in [5.74, 6) is 1.32. The number of carbonyl (C=O) groups excluding carboxylic acids is 1. The average Bonchev–Trinajstić information content (AvgIpc) is 2.76. The molecule has 1 amide bonds. The van der Waals surface area contributed by atoms with Crippen LogP contribution >= 0.6 is 0 Å². The van der Waals surface area contributed by atoms with Gasteiger partial charge < -0.3 is 19.5 Å². The van der Waals surface area contributed by atoms with Gasteiger partial charge in [0.15, 0.2) is 11.5 Å². The van der Waals surface area contributed by atoms with E-state index in [1.54, 1.807) is 32.2 Å². The van der Waals surface area contributed by atoms with Gasteiger partial charge in [-0.2, -0.15) is 0 Å². The highest BCUT2D eigenvalue weighted by Gasteiger charge is 2.31. The van der Waals surface area contributed by atoms with Gasteiger partial charge in [0.05, 0.1) is 25.1 Å². The molecule has 31 heavy (non-hydrogen) atoms. The Morgan fingerprint density at radius 3 is 2.35 bits per heavy atom. The molecule has 1 aliphatic heterocycles. The second kappa shape index (κ2) is 9.47. The molecule has 1 heterocycles. The molecular weight excluding hydrogens is 420 g/mol. The van der Waals surface area contributed by atoms with Crippen molar-refractivity contribution in [2.45, 2.75) is 32.4 Å². The van der Waals surface area contributed by atoms with Gasteiger partial charge in [0.2, 0.25) is 15.9 Å². The highest BCUT2D eigenvalue weighted by atomic mass is 32.2. The Balaban J connectivity index is 1.84. The fourth-order valence-corrected chi connectivity index (χ4v) is 4.69. The van der Waals surface area contributed by atoms with Crippen molar-refractivity contribution in [2.75, 3.05) is 30.9 Å². The van der Waals surface area contributed by atoms with E-state index in [0.717, 1.165) is 21.9 Å². The number of sulfonamides is 1. The lowest BCUT2D eigenvalue weighted by Crippen LogP contribution is -2.48. The van der Waals surface area contributed by atoms with E-state index in [2.05, 4.69) is 5.32 Å². The first kappa shape index (κ1) is 22.7. The molecular formula is C22H28N2O6S. The Hall–Kier alpha value is -2.94. The van der Waals surface area contributed by atoms with Crippen LogP contribution in [0.1, 0.15) is 31.9 Å². The maximum atomic E-state index is 13.1. The molecule has 2 aromatic rings. The molecule has 0 saturated carbocycles. The van der Waals surface area contributed by atoms with E-state index in [0.29, 0.717) is 36.8 Å². The summed E-state index contributed by atoms with van der Waals surface area (Å²) in [6.07, 6.45) is 1.72. The molecule has 3 rings (SSSR count). The smallest absolute Gasteiger partial charge is 0.244 e. The van der Waals surface area contributed by atoms with E-state index in [1.807, 2.05) is 31.2 Å². The van der Waals surface area contributed by atoms with Gasteiger partial charge in [0.1, 0.15) is 25.0 Å². The number of hydrogen-bond acceptors (Lipinski definition) is 6. The number of anilines is 1. The first-order chi connectivity index (χ1) is 14.7. The number of nitrogens with one attached hydrogen (secondary N) is 1. The van der Waals surface area contributed by atoms with E-state index in [4.69, 9.17) is 14.2 Å². The summed E-state index contributed by atoms with van der Waals surface area (Å²) in [4.78, 5) is 13.1. The second-order valence-corrected chi connectivity index (χ2v) is 9.16. The Morgan fingerprint density at radius 1 is 1.13 bits per heavy atom. The first-order valence-electron chi connectivity index (χ1n) is 10.1. The van der Waals surface area contributed by atoms with Gasteiger partial charge in [-0.05, 0) is 43.2 Å². The molecule has 2 atom stereocenters. The number of hydrogen-bond donors (Lipinski definition) is 1. The third kappa shape index (κ3) is 5.22. The lowest BCUT2D eigenvalue weighted by Gasteiger charge is -2.30. The zero-order valence-corrected chi connectivity index (χ0v) is 18.9. The Kier molecular flexibility index (Phi) is 6.94. The van der Waals surface area contributed by atoms with Crippen LogP contribution in [0.2, 0.25) is 0 Å². The number of rotatable bonds is 8. The van der Waals surface area contributed by atoms with Crippen molar-refractivity contribution in [1.82, 2.24) is 5.32 Å². The van der Waals surface area contributed by atoms with Crippen LogP contribution in [0.25, 0.3) is 0 Å². The van der Waals surface area contributed by atoms with Crippen molar-refractivity contribution < 1.29 is 27.4 Å². The molecule has 0 fully saturated rings. The van der Waals surface area contributed by atoms with Gasteiger partial charge in [-0.25, -0.2) is 8.42 Å². The predicted octanol–water partition coefficient (Wildman–Crippen LogP) is 2.89. The van der Waals surface area contributed by atoms with Crippen molar-refractivity contribution in [3.05, 3.63) is 48.0 Å². The normalized spacial score (nSPS) is 15.0. The molecule has 0 unspecified atom stereocenters. The molecule has 0 aromatic heterocycles. The van der Waals surface area contributed by atoms with Gasteiger partial charge >= 0.3 is 0 Å². The highest BCUT2D eigenvalue weighted by Crippen LogP contribution is 2.35. The van der Waals surface area contributed by atoms with E-state index in [1.165, 1.54) is 0 Å². The summed E-state index contributed by atoms with van der Waals surface area (Å²) in [6.45, 7) is 4.33. The largest absolute Gasteiger partial charge is 0.497 e. The molecule has 0 spiro atoms. The summed E-state index contributed by atoms with van der Waals surface area (Å²) >= 11 is 0. The maximum Gasteiger partial charge on any atom is 0.244 e. The number of benzene rings is 2. The number of fused-ring (bicyclic) bond motifs is 1. The molecule has 2 aromatic carbocycles. The lowest BCUT2D eigenvalue weighted by molar-refractivity contribution is -0.122. The molecule has 0 saturated heterocycles. The van der Waals surface area contributed by atoms with Crippen molar-refractivity contribution in [3.8, 4) is 17.2 Å². The zero-order valence-electron chi connectivity index (χ0n) is 18.1. The van der Waals surface area contributed by atoms with Gasteiger partial charge in [0.25, 0.3) is 0 Å². The maximum absolute atomic E-state index is 13.1. The minimum atomic E-state index is -3.75. The number of methoxy groups -OCH3 is 1. The molecule has 9 heteroatoms. The molecule has 0 radical (unpaired) electrons. The van der Waals surface area contributed by atoms with E-state index < -0.39 is 22.0 Å². The van der Waals surface area contributed by atoms with Crippen molar-refractivity contribution in [2.24, 2.45) is 0 Å². The van der Waals surface area contributed by atoms with E-state index in [-0.39, 0.29) is 6.04 Å². The van der Waals surface area contributed by atoms with Crippen LogP contribution in [-0.4, -0.2) is 46.9 Å². The standard InChI is InChI=1S/C22H28N2O6S/c1-5-19(16-6-9-18(28-3)10-7-16)23-22(25)15(2)24(31(4,26)27)17-8-11-20-21(14-17)30-13-12-29-20/h6-11,14-15,19H,5,12-13H2,1-4H3,(H,23,25)/t15-,19+/m1/s1. The topological polar surface area (TPSA) is 94.2 Å². The molecule has 1 aliphatic rings. The summed E-state index contributed by atoms with van der Waals surface area (Å²) in [5.41, 5.74) is 1.25. The fourth-order valence-electron chi connectivity index (χ4n) is 3.53. The summed E-state index contributed by atoms with van der Waals surface area (Å²) in [7, 11) is -2.15. The van der Waals surface area contributed by atoms with Gasteiger partial charge in [-0.3, -0.25) is 9.10 Å². The van der Waals surface area contributed by atoms with Crippen molar-refractivity contribution in [3.63, 3.8) is 0 Å². The number of nitrogens with zero attached hydrogens (tertiary/aromatic N) is 1. The van der Waals surface area contributed by atoms with Crippen molar-refractivity contribution >= 4 is 21.6 Å². The highest BCUT2D eigenvalue weighted by molar-refractivity contribution is 7.92. The third-order valence-corrected chi connectivity index (χ3v) is 6.35. The van der Waals surface area contributed by atoms with Crippen LogP contribution in [0, 0.1) is 0 Å². The molecule has 1 N–H and O–H groups in total. The minimum Gasteiger partial charge on any atom is -0.497 e. The van der Waals surface area contributed by atoms with Gasteiger partial charge in [0, 0.05) is 6.07 Å². The number of ether oxygens (including phenoxy) is 3. The van der Waals surface area contributed by atoms with Crippen LogP contribution in [0.3, 0.4) is 0 Å². The second-order valence-electron chi connectivity index (χ2n) is 7.31. The minimum absolute atomic E-state index is 0.262. The Labute approximate surface area is 183 Å². The van der Waals surface area contributed by atoms with Crippen LogP contribution in [0.5, 0.6) is 17.2 Å². The zero-order chi connectivity index (χ0) is 22.6. The van der Waals surface area contributed by atoms with Crippen LogP contribution < -0.4 is 23.8 Å². The summed E-state index contributed by atoms with van der Waals surface area (Å²) < 4.78 is 42.6. The van der Waals surface area contributed by atoms with Crippen LogP contribution in [-0.2, 0) is 14.8 Å². The van der Waals surface area contributed by atoms with E-state index >= 15 is 0 Å². The summed E-state index contributed by atoms with van der Waals surface area (Å²) in [6, 6.07) is 11.0. The molecule has 0 bridgehead atoms. The predicted molar refractivity (Wildman–Crippen MR) is 118 cm³/mol. The molecule has 0 aliphatic carbocycles. The third-order valence-electron chi connectivity index (χ3n) is 5.11. The van der Waals surface area contributed by atoms with Gasteiger partial charge in [-0.15, -0.1) is 0 Å². The SMILES string of the molecule is CC[C@H](NC(=O)[C@@H](C)N(c1ccc2c(c1)OCCO2)S(C)(=O)=O)c1ccc(OC)cc1. The van der Waals surface area contributed by atoms with Crippen LogP contribution in [0.15, 0.2) is 42.5 Å². The molecule has 8 nitrogen and oxygen atoms in total. The molecule has 168 valence electrons. The van der Waals surface area contributed by atoms with Gasteiger partial charge in [-0.1, -0.05) is 19.1 Å². The van der Waals surface area contributed by atoms with E-state index in [9.17, 15) is 13.2 Å². The lowest BCUT2D eigenvalue weighted by atomic mass is 10.0. The number of amides is 1. The number of carbonyl (C=O) groups is 1. The van der Waals surface area contributed by atoms with Crippen molar-refractivity contribution in [1.29, 1.82) is 0 Å². The Morgan fingerprint density at radius 2 is 1.77 bits per heavy atom. The first-order valence-corrected chi connectivity index (χ1v) is 11.9.